The number of ether oxygens (including phenoxy) is 3. The van der Waals surface area contributed by atoms with Crippen molar-refractivity contribution in [3.63, 3.8) is 0 Å². The average Bonchev–Trinajstić information content (AvgIpc) is 3.75. The summed E-state index contributed by atoms with van der Waals surface area (Å²) in [6.07, 6.45) is 4.71. The Hall–Kier alpha value is -5.74. The predicted molar refractivity (Wildman–Crippen MR) is 143 cm³/mol. The number of aromatic nitrogens is 3. The van der Waals surface area contributed by atoms with Crippen molar-refractivity contribution < 1.29 is 23.0 Å². The molecule has 3 heterocycles. The van der Waals surface area contributed by atoms with Gasteiger partial charge in [0.2, 0.25) is 5.88 Å². The largest absolute Gasteiger partial charge is 0.493 e. The summed E-state index contributed by atoms with van der Waals surface area (Å²) >= 11 is 0. The van der Waals surface area contributed by atoms with Crippen LogP contribution in [0.5, 0.6) is 17.4 Å². The maximum absolute atomic E-state index is 9.22. The number of nitriles is 2. The second-order valence-corrected chi connectivity index (χ2v) is 8.51. The number of hydrogen-bond acceptors (Lipinski definition) is 9. The van der Waals surface area contributed by atoms with E-state index >= 15 is 0 Å². The fourth-order valence-electron chi connectivity index (χ4n) is 3.83. The van der Waals surface area contributed by atoms with E-state index in [1.54, 1.807) is 48.5 Å². The standard InChI is InChI=1S/C30H23N5O5/c1-20-25(33-30(40-20)27-9-6-12-37-27)19-38-26-11-10-21(14-28(26)36-2)18-39-29-23(13-22(15-31)16-32)17-35(34-29)24-7-4-3-5-8-24/h3-14,17H,18-19H2,1-2H3. The third kappa shape index (κ3) is 5.72. The lowest BCUT2D eigenvalue weighted by atomic mass is 10.2. The minimum absolute atomic E-state index is 0.0562. The van der Waals surface area contributed by atoms with E-state index in [2.05, 4.69) is 10.1 Å². The molecule has 5 aromatic rings. The van der Waals surface area contributed by atoms with E-state index in [1.807, 2.05) is 55.5 Å². The third-order valence-corrected chi connectivity index (χ3v) is 5.86. The van der Waals surface area contributed by atoms with Crippen LogP contribution < -0.4 is 14.2 Å². The van der Waals surface area contributed by atoms with Gasteiger partial charge in [0.25, 0.3) is 5.89 Å². The molecule has 0 radical (unpaired) electrons. The number of benzene rings is 2. The fourth-order valence-corrected chi connectivity index (χ4v) is 3.83. The Morgan fingerprint density at radius 3 is 2.55 bits per heavy atom. The molecule has 0 spiro atoms. The Morgan fingerprint density at radius 1 is 1.00 bits per heavy atom. The first-order valence-electron chi connectivity index (χ1n) is 12.2. The van der Waals surface area contributed by atoms with E-state index in [-0.39, 0.29) is 24.7 Å². The zero-order valence-corrected chi connectivity index (χ0v) is 21.7. The second kappa shape index (κ2) is 11.8. The molecule has 5 rings (SSSR count). The molecule has 0 N–H and O–H groups in total. The number of furan rings is 1. The first-order valence-corrected chi connectivity index (χ1v) is 12.2. The van der Waals surface area contributed by atoms with Crippen LogP contribution in [0, 0.1) is 29.6 Å². The van der Waals surface area contributed by atoms with Crippen LogP contribution in [0.4, 0.5) is 0 Å². The molecule has 0 aliphatic rings. The maximum atomic E-state index is 9.22. The van der Waals surface area contributed by atoms with Gasteiger partial charge in [0, 0.05) is 6.20 Å². The SMILES string of the molecule is COc1cc(COc2nn(-c3ccccc3)cc2C=C(C#N)C#N)ccc1OCc1nc(-c2ccco2)oc1C. The number of hydrogen-bond donors (Lipinski definition) is 0. The molecule has 0 aliphatic heterocycles. The molecule has 0 aliphatic carbocycles. The quantitative estimate of drug-likeness (QED) is 0.197. The molecule has 0 amide bonds. The van der Waals surface area contributed by atoms with Gasteiger partial charge in [-0.3, -0.25) is 0 Å². The van der Waals surface area contributed by atoms with Crippen LogP contribution in [0.15, 0.2) is 87.5 Å². The van der Waals surface area contributed by atoms with Crippen molar-refractivity contribution in [3.8, 4) is 46.9 Å². The van der Waals surface area contributed by atoms with Crippen LogP contribution in [0.2, 0.25) is 0 Å². The highest BCUT2D eigenvalue weighted by atomic mass is 16.5. The molecule has 0 unspecified atom stereocenters. The molecular weight excluding hydrogens is 510 g/mol. The summed E-state index contributed by atoms with van der Waals surface area (Å²) in [6.45, 7) is 2.15. The van der Waals surface area contributed by atoms with E-state index in [1.165, 1.54) is 6.08 Å². The van der Waals surface area contributed by atoms with Crippen LogP contribution in [0.3, 0.4) is 0 Å². The van der Waals surface area contributed by atoms with Gasteiger partial charge < -0.3 is 23.0 Å². The molecule has 2 aromatic carbocycles. The Morgan fingerprint density at radius 2 is 1.82 bits per heavy atom. The number of aryl methyl sites for hydroxylation is 1. The van der Waals surface area contributed by atoms with Crippen LogP contribution in [0.1, 0.15) is 22.6 Å². The number of allylic oxidation sites excluding steroid dienone is 1. The Labute approximate surface area is 229 Å². The van der Waals surface area contributed by atoms with Crippen LogP contribution in [0.25, 0.3) is 23.4 Å². The number of para-hydroxylation sites is 1. The predicted octanol–water partition coefficient (Wildman–Crippen LogP) is 6.03. The van der Waals surface area contributed by atoms with Gasteiger partial charge in [-0.05, 0) is 55.0 Å². The first-order chi connectivity index (χ1) is 19.6. The lowest BCUT2D eigenvalue weighted by Gasteiger charge is -2.12. The summed E-state index contributed by atoms with van der Waals surface area (Å²) in [6, 6.07) is 22.2. The van der Waals surface area contributed by atoms with Crippen molar-refractivity contribution in [3.05, 3.63) is 101 Å². The van der Waals surface area contributed by atoms with Crippen LogP contribution in [-0.2, 0) is 13.2 Å². The molecule has 3 aromatic heterocycles. The number of rotatable bonds is 10. The van der Waals surface area contributed by atoms with E-state index in [0.29, 0.717) is 40.2 Å². The van der Waals surface area contributed by atoms with Crippen molar-refractivity contribution in [1.82, 2.24) is 14.8 Å². The number of oxazole rings is 1. The summed E-state index contributed by atoms with van der Waals surface area (Å²) in [5.74, 6) is 2.88. The highest BCUT2D eigenvalue weighted by Gasteiger charge is 2.16. The van der Waals surface area contributed by atoms with Gasteiger partial charge in [-0.1, -0.05) is 24.3 Å². The second-order valence-electron chi connectivity index (χ2n) is 8.51. The van der Waals surface area contributed by atoms with E-state index in [4.69, 9.17) is 23.0 Å². The minimum atomic E-state index is -0.0562. The minimum Gasteiger partial charge on any atom is -0.493 e. The summed E-state index contributed by atoms with van der Waals surface area (Å²) in [7, 11) is 1.55. The summed E-state index contributed by atoms with van der Waals surface area (Å²) in [5, 5.41) is 23.0. The molecule has 10 nitrogen and oxygen atoms in total. The average molecular weight is 534 g/mol. The van der Waals surface area contributed by atoms with Gasteiger partial charge >= 0.3 is 0 Å². The first kappa shape index (κ1) is 25.9. The number of methoxy groups -OCH3 is 1. The van der Waals surface area contributed by atoms with Crippen molar-refractivity contribution in [2.24, 2.45) is 0 Å². The highest BCUT2D eigenvalue weighted by Crippen LogP contribution is 2.31. The van der Waals surface area contributed by atoms with Crippen LogP contribution >= 0.6 is 0 Å². The Kier molecular flexibility index (Phi) is 7.61. The van der Waals surface area contributed by atoms with E-state index < -0.39 is 0 Å². The molecule has 198 valence electrons. The number of nitrogens with zero attached hydrogens (tertiary/aromatic N) is 5. The zero-order chi connectivity index (χ0) is 27.9. The van der Waals surface area contributed by atoms with Crippen molar-refractivity contribution in [2.45, 2.75) is 20.1 Å². The highest BCUT2D eigenvalue weighted by molar-refractivity contribution is 5.65. The normalized spacial score (nSPS) is 10.4. The molecule has 0 saturated carbocycles. The topological polar surface area (TPSA) is 132 Å². The monoisotopic (exact) mass is 533 g/mol. The summed E-state index contributed by atoms with van der Waals surface area (Å²) in [5.41, 5.74) is 2.70. The molecule has 0 saturated heterocycles. The van der Waals surface area contributed by atoms with E-state index in [9.17, 15) is 10.5 Å². The molecule has 0 bridgehead atoms. The third-order valence-electron chi connectivity index (χ3n) is 5.86. The van der Waals surface area contributed by atoms with Gasteiger partial charge in [-0.15, -0.1) is 5.10 Å². The van der Waals surface area contributed by atoms with Crippen molar-refractivity contribution in [1.29, 1.82) is 10.5 Å². The zero-order valence-electron chi connectivity index (χ0n) is 21.7. The van der Waals surface area contributed by atoms with Crippen LogP contribution in [-0.4, -0.2) is 21.9 Å². The van der Waals surface area contributed by atoms with Crippen molar-refractivity contribution in [2.75, 3.05) is 7.11 Å². The molecular formula is C30H23N5O5. The van der Waals surface area contributed by atoms with Gasteiger partial charge in [-0.2, -0.15) is 10.5 Å². The van der Waals surface area contributed by atoms with Gasteiger partial charge in [-0.25, -0.2) is 9.67 Å². The lowest BCUT2D eigenvalue weighted by molar-refractivity contribution is 0.275. The Bertz CT molecular complexity index is 1700. The fraction of sp³-hybridized carbons (Fsp3) is 0.133. The summed E-state index contributed by atoms with van der Waals surface area (Å²) in [4.78, 5) is 4.47. The lowest BCUT2D eigenvalue weighted by Crippen LogP contribution is -2.02. The smallest absolute Gasteiger partial charge is 0.263 e. The molecule has 0 fully saturated rings. The maximum Gasteiger partial charge on any atom is 0.263 e. The van der Waals surface area contributed by atoms with Gasteiger partial charge in [0.05, 0.1) is 24.6 Å². The van der Waals surface area contributed by atoms with Gasteiger partial charge in [0.1, 0.15) is 42.4 Å². The van der Waals surface area contributed by atoms with Gasteiger partial charge in [0.15, 0.2) is 17.3 Å². The Balaban J connectivity index is 1.31. The molecule has 0 atom stereocenters. The summed E-state index contributed by atoms with van der Waals surface area (Å²) < 4.78 is 30.2. The van der Waals surface area contributed by atoms with E-state index in [0.717, 1.165) is 11.3 Å². The molecule has 40 heavy (non-hydrogen) atoms. The molecule has 10 heteroatoms. The van der Waals surface area contributed by atoms with Crippen molar-refractivity contribution >= 4 is 6.08 Å².